The summed E-state index contributed by atoms with van der Waals surface area (Å²) in [4.78, 5) is 17.0. The maximum Gasteiger partial charge on any atom is 0.239 e. The van der Waals surface area contributed by atoms with Gasteiger partial charge in [-0.25, -0.2) is 0 Å². The van der Waals surface area contributed by atoms with Crippen LogP contribution in [0.25, 0.3) is 0 Å². The number of likely N-dealkylation sites (tertiary alicyclic amines) is 2. The summed E-state index contributed by atoms with van der Waals surface area (Å²) in [6.07, 6.45) is 5.74. The van der Waals surface area contributed by atoms with Crippen LogP contribution in [-0.4, -0.2) is 53.0 Å². The van der Waals surface area contributed by atoms with Crippen molar-refractivity contribution in [1.29, 1.82) is 0 Å². The molecule has 0 radical (unpaired) electrons. The Labute approximate surface area is 139 Å². The highest BCUT2D eigenvalue weighted by molar-refractivity contribution is 5.81. The summed E-state index contributed by atoms with van der Waals surface area (Å²) in [6.45, 7) is 5.90. The first-order valence-electron chi connectivity index (χ1n) is 8.97. The zero-order valence-electron chi connectivity index (χ0n) is 14.1. The van der Waals surface area contributed by atoms with Gasteiger partial charge in [-0.15, -0.1) is 0 Å². The van der Waals surface area contributed by atoms with Gasteiger partial charge in [0.25, 0.3) is 0 Å². The molecule has 1 unspecified atom stereocenters. The fourth-order valence-electron chi connectivity index (χ4n) is 3.90. The van der Waals surface area contributed by atoms with Crippen molar-refractivity contribution in [3.05, 3.63) is 29.8 Å². The van der Waals surface area contributed by atoms with Crippen molar-refractivity contribution in [2.75, 3.05) is 26.2 Å². The summed E-state index contributed by atoms with van der Waals surface area (Å²) < 4.78 is 0. The smallest absolute Gasteiger partial charge is 0.239 e. The van der Waals surface area contributed by atoms with E-state index in [9.17, 15) is 9.90 Å². The van der Waals surface area contributed by atoms with Gasteiger partial charge < -0.3 is 10.0 Å². The Hall–Kier alpha value is -1.55. The number of amides is 1. The van der Waals surface area contributed by atoms with Gasteiger partial charge in [0.1, 0.15) is 5.75 Å². The Bertz CT molecular complexity index is 515. The highest BCUT2D eigenvalue weighted by Crippen LogP contribution is 2.30. The SMILES string of the molecule is CC(C(=O)N1CCCCC1)N1CCC(c2ccc(O)cc2)CC1. The summed E-state index contributed by atoms with van der Waals surface area (Å²) in [5, 5.41) is 9.40. The molecule has 1 aromatic rings. The quantitative estimate of drug-likeness (QED) is 0.932. The average molecular weight is 316 g/mol. The Morgan fingerprint density at radius 2 is 1.65 bits per heavy atom. The Kier molecular flexibility index (Phi) is 5.21. The number of hydrogen-bond donors (Lipinski definition) is 1. The summed E-state index contributed by atoms with van der Waals surface area (Å²) >= 11 is 0. The minimum Gasteiger partial charge on any atom is -0.508 e. The van der Waals surface area contributed by atoms with Crippen LogP contribution in [0.15, 0.2) is 24.3 Å². The molecule has 0 spiro atoms. The second-order valence-electron chi connectivity index (χ2n) is 6.96. The van der Waals surface area contributed by atoms with Crippen molar-refractivity contribution in [1.82, 2.24) is 9.80 Å². The Balaban J connectivity index is 1.53. The number of nitrogens with zero attached hydrogens (tertiary/aromatic N) is 2. The van der Waals surface area contributed by atoms with Crippen molar-refractivity contribution in [2.24, 2.45) is 0 Å². The highest BCUT2D eigenvalue weighted by atomic mass is 16.3. The first-order chi connectivity index (χ1) is 11.1. The van der Waals surface area contributed by atoms with E-state index in [-0.39, 0.29) is 6.04 Å². The van der Waals surface area contributed by atoms with Crippen molar-refractivity contribution >= 4 is 5.91 Å². The lowest BCUT2D eigenvalue weighted by atomic mass is 9.89. The van der Waals surface area contributed by atoms with Crippen LogP contribution in [0.4, 0.5) is 0 Å². The van der Waals surface area contributed by atoms with Gasteiger partial charge in [-0.1, -0.05) is 12.1 Å². The summed E-state index contributed by atoms with van der Waals surface area (Å²) in [7, 11) is 0. The second-order valence-corrected chi connectivity index (χ2v) is 6.96. The number of phenolic OH excluding ortho intramolecular Hbond substituents is 1. The molecule has 4 heteroatoms. The van der Waals surface area contributed by atoms with Gasteiger partial charge in [-0.3, -0.25) is 9.69 Å². The summed E-state index contributed by atoms with van der Waals surface area (Å²) in [6, 6.07) is 7.60. The van der Waals surface area contributed by atoms with E-state index < -0.39 is 0 Å². The maximum absolute atomic E-state index is 12.6. The predicted molar refractivity (Wildman–Crippen MR) is 91.5 cm³/mol. The average Bonchev–Trinajstić information content (AvgIpc) is 2.62. The molecule has 0 bridgehead atoms. The van der Waals surface area contributed by atoms with Crippen LogP contribution in [0.5, 0.6) is 5.75 Å². The van der Waals surface area contributed by atoms with E-state index in [4.69, 9.17) is 0 Å². The van der Waals surface area contributed by atoms with E-state index in [0.717, 1.165) is 51.9 Å². The van der Waals surface area contributed by atoms with Gasteiger partial charge in [0.05, 0.1) is 6.04 Å². The molecule has 0 aromatic heterocycles. The van der Waals surface area contributed by atoms with Crippen molar-refractivity contribution in [3.63, 3.8) is 0 Å². The number of carbonyl (C=O) groups is 1. The highest BCUT2D eigenvalue weighted by Gasteiger charge is 2.30. The van der Waals surface area contributed by atoms with Gasteiger partial charge in [0.15, 0.2) is 0 Å². The standard InChI is InChI=1S/C19H28N2O2/c1-15(19(23)21-11-3-2-4-12-21)20-13-9-17(10-14-20)16-5-7-18(22)8-6-16/h5-8,15,17,22H,2-4,9-14H2,1H3. The number of rotatable bonds is 3. The fourth-order valence-corrected chi connectivity index (χ4v) is 3.90. The number of phenols is 1. The van der Waals surface area contributed by atoms with Crippen molar-refractivity contribution < 1.29 is 9.90 Å². The molecular formula is C19H28N2O2. The van der Waals surface area contributed by atoms with Crippen LogP contribution >= 0.6 is 0 Å². The van der Waals surface area contributed by atoms with E-state index in [1.807, 2.05) is 12.1 Å². The van der Waals surface area contributed by atoms with Gasteiger partial charge in [0, 0.05) is 13.1 Å². The minimum atomic E-state index is 0.00821. The number of carbonyl (C=O) groups excluding carboxylic acids is 1. The van der Waals surface area contributed by atoms with E-state index >= 15 is 0 Å². The number of hydrogen-bond acceptors (Lipinski definition) is 3. The molecular weight excluding hydrogens is 288 g/mol. The first kappa shape index (κ1) is 16.3. The molecule has 0 aliphatic carbocycles. The number of benzene rings is 1. The largest absolute Gasteiger partial charge is 0.508 e. The third kappa shape index (κ3) is 3.86. The van der Waals surface area contributed by atoms with E-state index in [0.29, 0.717) is 17.6 Å². The van der Waals surface area contributed by atoms with E-state index in [2.05, 4.69) is 16.7 Å². The lowest BCUT2D eigenvalue weighted by Gasteiger charge is -2.38. The van der Waals surface area contributed by atoms with Gasteiger partial charge in [-0.05, 0) is 75.7 Å². The molecule has 23 heavy (non-hydrogen) atoms. The molecule has 2 aliphatic heterocycles. The van der Waals surface area contributed by atoms with Gasteiger partial charge in [-0.2, -0.15) is 0 Å². The van der Waals surface area contributed by atoms with Crippen LogP contribution in [0.2, 0.25) is 0 Å². The molecule has 1 aromatic carbocycles. The van der Waals surface area contributed by atoms with Crippen LogP contribution in [0, 0.1) is 0 Å². The predicted octanol–water partition coefficient (Wildman–Crippen LogP) is 2.97. The molecule has 1 atom stereocenters. The normalized spacial score (nSPS) is 22.0. The monoisotopic (exact) mass is 316 g/mol. The molecule has 2 saturated heterocycles. The zero-order valence-corrected chi connectivity index (χ0v) is 14.1. The zero-order chi connectivity index (χ0) is 16.2. The first-order valence-corrected chi connectivity index (χ1v) is 8.97. The van der Waals surface area contributed by atoms with Crippen molar-refractivity contribution in [2.45, 2.75) is 51.0 Å². The molecule has 1 amide bonds. The summed E-state index contributed by atoms with van der Waals surface area (Å²) in [5.41, 5.74) is 1.30. The minimum absolute atomic E-state index is 0.00821. The van der Waals surface area contributed by atoms with Gasteiger partial charge in [0.2, 0.25) is 5.91 Å². The van der Waals surface area contributed by atoms with E-state index in [1.54, 1.807) is 12.1 Å². The van der Waals surface area contributed by atoms with Crippen LogP contribution in [0.3, 0.4) is 0 Å². The molecule has 2 aliphatic rings. The fraction of sp³-hybridized carbons (Fsp3) is 0.632. The Morgan fingerprint density at radius 1 is 1.04 bits per heavy atom. The maximum atomic E-state index is 12.6. The lowest BCUT2D eigenvalue weighted by molar-refractivity contribution is -0.137. The van der Waals surface area contributed by atoms with Gasteiger partial charge >= 0.3 is 0 Å². The molecule has 0 saturated carbocycles. The number of piperidine rings is 2. The second kappa shape index (κ2) is 7.35. The van der Waals surface area contributed by atoms with E-state index in [1.165, 1.54) is 12.0 Å². The Morgan fingerprint density at radius 3 is 2.26 bits per heavy atom. The topological polar surface area (TPSA) is 43.8 Å². The van der Waals surface area contributed by atoms with Crippen LogP contribution in [0.1, 0.15) is 50.5 Å². The van der Waals surface area contributed by atoms with Crippen LogP contribution < -0.4 is 0 Å². The molecule has 2 heterocycles. The molecule has 3 rings (SSSR count). The van der Waals surface area contributed by atoms with Crippen molar-refractivity contribution in [3.8, 4) is 5.75 Å². The third-order valence-electron chi connectivity index (χ3n) is 5.47. The third-order valence-corrected chi connectivity index (χ3v) is 5.47. The molecule has 126 valence electrons. The molecule has 2 fully saturated rings. The molecule has 1 N–H and O–H groups in total. The summed E-state index contributed by atoms with van der Waals surface area (Å²) in [5.74, 6) is 1.18. The lowest BCUT2D eigenvalue weighted by Crippen LogP contribution is -2.50. The number of aromatic hydroxyl groups is 1. The van der Waals surface area contributed by atoms with Crippen LogP contribution in [-0.2, 0) is 4.79 Å². The molecule has 4 nitrogen and oxygen atoms in total.